The molecule has 3 aromatic rings. The Morgan fingerprint density at radius 3 is 2.41 bits per heavy atom. The first-order valence-corrected chi connectivity index (χ1v) is 10.0. The van der Waals surface area contributed by atoms with Crippen LogP contribution in [0, 0.1) is 0 Å². The second-order valence-electron chi connectivity index (χ2n) is 6.07. The maximum Gasteiger partial charge on any atom is 0.255 e. The summed E-state index contributed by atoms with van der Waals surface area (Å²) in [6, 6.07) is 17.6. The van der Waals surface area contributed by atoms with E-state index in [0.717, 1.165) is 5.56 Å². The molecule has 3 rings (SSSR count). The number of rotatable bonds is 7. The number of halogens is 3. The molecular formula is C22H18Cl3NO3. The second kappa shape index (κ2) is 9.88. The van der Waals surface area contributed by atoms with Crippen LogP contribution >= 0.6 is 34.8 Å². The van der Waals surface area contributed by atoms with Crippen LogP contribution in [0.4, 0.5) is 5.69 Å². The van der Waals surface area contributed by atoms with Crippen molar-refractivity contribution < 1.29 is 14.3 Å². The van der Waals surface area contributed by atoms with E-state index in [2.05, 4.69) is 5.32 Å². The van der Waals surface area contributed by atoms with Crippen molar-refractivity contribution in [3.63, 3.8) is 0 Å². The number of carbonyl (C=O) groups is 1. The van der Waals surface area contributed by atoms with Crippen LogP contribution in [0.5, 0.6) is 11.5 Å². The quantitative estimate of drug-likeness (QED) is 0.427. The highest BCUT2D eigenvalue weighted by Crippen LogP contribution is 2.37. The van der Waals surface area contributed by atoms with E-state index in [4.69, 9.17) is 44.3 Å². The zero-order chi connectivity index (χ0) is 20.8. The van der Waals surface area contributed by atoms with Crippen molar-refractivity contribution in [2.75, 3.05) is 11.9 Å². The van der Waals surface area contributed by atoms with Crippen LogP contribution in [0.25, 0.3) is 0 Å². The van der Waals surface area contributed by atoms with Gasteiger partial charge in [0.1, 0.15) is 6.61 Å². The fourth-order valence-electron chi connectivity index (χ4n) is 2.61. The van der Waals surface area contributed by atoms with Gasteiger partial charge in [0.05, 0.1) is 22.3 Å². The predicted octanol–water partition coefficient (Wildman–Crippen LogP) is 6.88. The van der Waals surface area contributed by atoms with Crippen molar-refractivity contribution in [3.8, 4) is 11.5 Å². The molecule has 0 radical (unpaired) electrons. The molecule has 0 saturated carbocycles. The summed E-state index contributed by atoms with van der Waals surface area (Å²) in [5.41, 5.74) is 1.69. The standard InChI is InChI=1S/C22H18Cl3NO3/c1-2-28-21-18(25)10-15(11-20(21)29-13-14-6-4-3-5-7-14)22(27)26-19-12-16(23)8-9-17(19)24/h3-12H,2,13H2,1H3,(H,26,27). The highest BCUT2D eigenvalue weighted by molar-refractivity contribution is 6.36. The van der Waals surface area contributed by atoms with Gasteiger partial charge in [0, 0.05) is 10.6 Å². The molecule has 29 heavy (non-hydrogen) atoms. The molecule has 0 fully saturated rings. The first-order chi connectivity index (χ1) is 14.0. The molecule has 4 nitrogen and oxygen atoms in total. The Morgan fingerprint density at radius 1 is 0.931 bits per heavy atom. The number of benzene rings is 3. The minimum Gasteiger partial charge on any atom is -0.488 e. The molecule has 0 bridgehead atoms. The highest BCUT2D eigenvalue weighted by atomic mass is 35.5. The molecule has 3 aromatic carbocycles. The normalized spacial score (nSPS) is 10.5. The molecule has 0 aliphatic carbocycles. The number of anilines is 1. The minimum atomic E-state index is -0.399. The van der Waals surface area contributed by atoms with Crippen LogP contribution in [0.1, 0.15) is 22.8 Å². The maximum atomic E-state index is 12.8. The van der Waals surface area contributed by atoms with E-state index in [1.807, 2.05) is 37.3 Å². The average Bonchev–Trinajstić information content (AvgIpc) is 2.71. The first kappa shape index (κ1) is 21.3. The summed E-state index contributed by atoms with van der Waals surface area (Å²) >= 11 is 18.5. The summed E-state index contributed by atoms with van der Waals surface area (Å²) in [6.07, 6.45) is 0. The van der Waals surface area contributed by atoms with Gasteiger partial charge in [-0.15, -0.1) is 0 Å². The van der Waals surface area contributed by atoms with Crippen LogP contribution in [-0.2, 0) is 6.61 Å². The Kier molecular flexibility index (Phi) is 7.26. The Bertz CT molecular complexity index is 1010. The first-order valence-electron chi connectivity index (χ1n) is 8.87. The Hall–Kier alpha value is -2.40. The highest BCUT2D eigenvalue weighted by Gasteiger charge is 2.17. The molecule has 1 amide bonds. The maximum absolute atomic E-state index is 12.8. The van der Waals surface area contributed by atoms with E-state index in [0.29, 0.717) is 46.0 Å². The van der Waals surface area contributed by atoms with Crippen LogP contribution in [-0.4, -0.2) is 12.5 Å². The van der Waals surface area contributed by atoms with Gasteiger partial charge in [-0.2, -0.15) is 0 Å². The average molecular weight is 451 g/mol. The van der Waals surface area contributed by atoms with Gasteiger partial charge in [-0.3, -0.25) is 4.79 Å². The molecule has 0 aliphatic rings. The van der Waals surface area contributed by atoms with Gasteiger partial charge in [-0.1, -0.05) is 65.1 Å². The van der Waals surface area contributed by atoms with Gasteiger partial charge in [0.25, 0.3) is 5.91 Å². The lowest BCUT2D eigenvalue weighted by Gasteiger charge is -2.15. The van der Waals surface area contributed by atoms with Gasteiger partial charge in [0.15, 0.2) is 11.5 Å². The summed E-state index contributed by atoms with van der Waals surface area (Å²) in [5, 5.41) is 3.85. The summed E-state index contributed by atoms with van der Waals surface area (Å²) in [5.74, 6) is 0.372. The van der Waals surface area contributed by atoms with E-state index in [1.165, 1.54) is 6.07 Å². The molecule has 150 valence electrons. The van der Waals surface area contributed by atoms with E-state index < -0.39 is 5.91 Å². The van der Waals surface area contributed by atoms with E-state index in [9.17, 15) is 4.79 Å². The molecule has 0 atom stereocenters. The topological polar surface area (TPSA) is 47.6 Å². The zero-order valence-electron chi connectivity index (χ0n) is 15.5. The van der Waals surface area contributed by atoms with Gasteiger partial charge < -0.3 is 14.8 Å². The lowest BCUT2D eigenvalue weighted by atomic mass is 10.1. The number of carbonyl (C=O) groups excluding carboxylic acids is 1. The van der Waals surface area contributed by atoms with E-state index >= 15 is 0 Å². The van der Waals surface area contributed by atoms with Crippen molar-refractivity contribution in [2.45, 2.75) is 13.5 Å². The van der Waals surface area contributed by atoms with Crippen molar-refractivity contribution in [2.24, 2.45) is 0 Å². The second-order valence-corrected chi connectivity index (χ2v) is 7.32. The van der Waals surface area contributed by atoms with Crippen molar-refractivity contribution in [3.05, 3.63) is 86.9 Å². The van der Waals surface area contributed by atoms with Crippen LogP contribution in [0.2, 0.25) is 15.1 Å². The third-order valence-corrected chi connectivity index (χ3v) is 4.82. The van der Waals surface area contributed by atoms with Gasteiger partial charge in [-0.05, 0) is 42.8 Å². The molecule has 0 unspecified atom stereocenters. The molecule has 0 aliphatic heterocycles. The van der Waals surface area contributed by atoms with Gasteiger partial charge in [0.2, 0.25) is 0 Å². The monoisotopic (exact) mass is 449 g/mol. The Balaban J connectivity index is 1.87. The summed E-state index contributed by atoms with van der Waals surface area (Å²) in [7, 11) is 0. The SMILES string of the molecule is CCOc1c(Cl)cc(C(=O)Nc2cc(Cl)ccc2Cl)cc1OCc1ccccc1. The minimum absolute atomic E-state index is 0.278. The molecule has 0 heterocycles. The predicted molar refractivity (Wildman–Crippen MR) is 118 cm³/mol. The Morgan fingerprint density at radius 2 is 1.69 bits per heavy atom. The van der Waals surface area contributed by atoms with Gasteiger partial charge in [-0.25, -0.2) is 0 Å². The molecular weight excluding hydrogens is 433 g/mol. The molecule has 1 N–H and O–H groups in total. The fourth-order valence-corrected chi connectivity index (χ4v) is 3.22. The number of ether oxygens (including phenoxy) is 2. The number of nitrogens with one attached hydrogen (secondary N) is 1. The summed E-state index contributed by atoms with van der Waals surface area (Å²) in [6.45, 7) is 2.56. The Labute approximate surface area is 184 Å². The third-order valence-electron chi connectivity index (χ3n) is 3.97. The summed E-state index contributed by atoms with van der Waals surface area (Å²) in [4.78, 5) is 12.8. The number of amides is 1. The molecule has 0 aromatic heterocycles. The number of hydrogen-bond donors (Lipinski definition) is 1. The lowest BCUT2D eigenvalue weighted by Crippen LogP contribution is -2.13. The van der Waals surface area contributed by atoms with E-state index in [1.54, 1.807) is 24.3 Å². The smallest absolute Gasteiger partial charge is 0.255 e. The molecule has 7 heteroatoms. The van der Waals surface area contributed by atoms with Crippen molar-refractivity contribution >= 4 is 46.4 Å². The van der Waals surface area contributed by atoms with Crippen molar-refractivity contribution in [1.29, 1.82) is 0 Å². The zero-order valence-corrected chi connectivity index (χ0v) is 17.8. The fraction of sp³-hybridized carbons (Fsp3) is 0.136. The van der Waals surface area contributed by atoms with Crippen molar-refractivity contribution in [1.82, 2.24) is 0 Å². The number of hydrogen-bond acceptors (Lipinski definition) is 3. The summed E-state index contributed by atoms with van der Waals surface area (Å²) < 4.78 is 11.5. The van der Waals surface area contributed by atoms with Gasteiger partial charge >= 0.3 is 0 Å². The third kappa shape index (κ3) is 5.57. The van der Waals surface area contributed by atoms with Crippen LogP contribution in [0.3, 0.4) is 0 Å². The largest absolute Gasteiger partial charge is 0.488 e. The lowest BCUT2D eigenvalue weighted by molar-refractivity contribution is 0.102. The van der Waals surface area contributed by atoms with Crippen LogP contribution < -0.4 is 14.8 Å². The molecule has 0 spiro atoms. The van der Waals surface area contributed by atoms with Crippen LogP contribution in [0.15, 0.2) is 60.7 Å². The van der Waals surface area contributed by atoms with E-state index in [-0.39, 0.29) is 5.02 Å². The molecule has 0 saturated heterocycles.